The van der Waals surface area contributed by atoms with E-state index in [-0.39, 0.29) is 12.1 Å². The average Bonchev–Trinajstić information content (AvgIpc) is 3.08. The van der Waals surface area contributed by atoms with Gasteiger partial charge in [-0.2, -0.15) is 0 Å². The van der Waals surface area contributed by atoms with Gasteiger partial charge in [-0.3, -0.25) is 5.32 Å². The lowest BCUT2D eigenvalue weighted by atomic mass is 10.2. The summed E-state index contributed by atoms with van der Waals surface area (Å²) in [6, 6.07) is 12.3. The highest BCUT2D eigenvalue weighted by Gasteiger charge is 2.15. The van der Waals surface area contributed by atoms with Crippen LogP contribution in [0.3, 0.4) is 0 Å². The van der Waals surface area contributed by atoms with Crippen LogP contribution in [0.25, 0.3) is 0 Å². The number of anilines is 3. The molecule has 1 fully saturated rings. The summed E-state index contributed by atoms with van der Waals surface area (Å²) < 4.78 is 5.53. The highest BCUT2D eigenvalue weighted by molar-refractivity contribution is 5.99. The van der Waals surface area contributed by atoms with Crippen molar-refractivity contribution in [2.75, 3.05) is 29.1 Å². The number of hydrogen-bond donors (Lipinski definition) is 3. The SMILES string of the molecule is O=C(Nc1ccccc1)Nc1ccc(NCC2CCCO2)nn1. The molecular weight excluding hydrogens is 294 g/mol. The summed E-state index contributed by atoms with van der Waals surface area (Å²) >= 11 is 0. The summed E-state index contributed by atoms with van der Waals surface area (Å²) in [5.74, 6) is 1.05. The van der Waals surface area contributed by atoms with Gasteiger partial charge in [-0.1, -0.05) is 18.2 Å². The Morgan fingerprint density at radius 2 is 1.87 bits per heavy atom. The quantitative estimate of drug-likeness (QED) is 0.790. The lowest BCUT2D eigenvalue weighted by molar-refractivity contribution is 0.120. The van der Waals surface area contributed by atoms with E-state index < -0.39 is 0 Å². The van der Waals surface area contributed by atoms with Crippen molar-refractivity contribution in [3.63, 3.8) is 0 Å². The van der Waals surface area contributed by atoms with Gasteiger partial charge < -0.3 is 15.4 Å². The largest absolute Gasteiger partial charge is 0.376 e. The Morgan fingerprint density at radius 1 is 1.09 bits per heavy atom. The molecule has 0 spiro atoms. The zero-order valence-electron chi connectivity index (χ0n) is 12.7. The lowest BCUT2D eigenvalue weighted by Gasteiger charge is -2.11. The second kappa shape index (κ2) is 7.55. The normalized spacial score (nSPS) is 16.8. The summed E-state index contributed by atoms with van der Waals surface area (Å²) in [4.78, 5) is 11.8. The Hall–Kier alpha value is -2.67. The fourth-order valence-electron chi connectivity index (χ4n) is 2.32. The van der Waals surface area contributed by atoms with Crippen molar-refractivity contribution in [2.45, 2.75) is 18.9 Å². The Balaban J connectivity index is 1.47. The van der Waals surface area contributed by atoms with E-state index in [0.29, 0.717) is 17.3 Å². The van der Waals surface area contributed by atoms with Crippen LogP contribution in [0, 0.1) is 0 Å². The summed E-state index contributed by atoms with van der Waals surface area (Å²) in [7, 11) is 0. The van der Waals surface area contributed by atoms with Crippen LogP contribution in [0.15, 0.2) is 42.5 Å². The molecule has 0 radical (unpaired) electrons. The third-order valence-electron chi connectivity index (χ3n) is 3.47. The summed E-state index contributed by atoms with van der Waals surface area (Å²) in [6.45, 7) is 1.55. The third-order valence-corrected chi connectivity index (χ3v) is 3.47. The standard InChI is InChI=1S/C16H19N5O2/c22-16(18-12-5-2-1-3-6-12)19-15-9-8-14(20-21-15)17-11-13-7-4-10-23-13/h1-3,5-6,8-9,13H,4,7,10-11H2,(H,17,20)(H2,18,19,21,22). The molecule has 7 heteroatoms. The van der Waals surface area contributed by atoms with Crippen LogP contribution in [-0.2, 0) is 4.74 Å². The van der Waals surface area contributed by atoms with Crippen LogP contribution >= 0.6 is 0 Å². The van der Waals surface area contributed by atoms with Crippen molar-refractivity contribution in [1.82, 2.24) is 10.2 Å². The molecule has 0 bridgehead atoms. The molecule has 1 unspecified atom stereocenters. The van der Waals surface area contributed by atoms with E-state index in [0.717, 1.165) is 26.0 Å². The van der Waals surface area contributed by atoms with Gasteiger partial charge >= 0.3 is 6.03 Å². The molecule has 1 saturated heterocycles. The molecular formula is C16H19N5O2. The van der Waals surface area contributed by atoms with Crippen molar-refractivity contribution >= 4 is 23.4 Å². The molecule has 7 nitrogen and oxygen atoms in total. The third kappa shape index (κ3) is 4.65. The highest BCUT2D eigenvalue weighted by atomic mass is 16.5. The van der Waals surface area contributed by atoms with Crippen LogP contribution in [-0.4, -0.2) is 35.5 Å². The fraction of sp³-hybridized carbons (Fsp3) is 0.312. The van der Waals surface area contributed by atoms with Gasteiger partial charge in [0.25, 0.3) is 0 Å². The van der Waals surface area contributed by atoms with Crippen molar-refractivity contribution in [3.05, 3.63) is 42.5 Å². The summed E-state index contributed by atoms with van der Waals surface area (Å²) in [5.41, 5.74) is 0.716. The number of urea groups is 1. The van der Waals surface area contributed by atoms with Gasteiger partial charge in [0, 0.05) is 18.8 Å². The predicted molar refractivity (Wildman–Crippen MR) is 88.6 cm³/mol. The monoisotopic (exact) mass is 313 g/mol. The maximum atomic E-state index is 11.8. The van der Waals surface area contributed by atoms with Crippen LogP contribution in [0.4, 0.5) is 22.1 Å². The summed E-state index contributed by atoms with van der Waals surface area (Å²) in [5, 5.41) is 16.6. The zero-order valence-corrected chi connectivity index (χ0v) is 12.7. The van der Waals surface area contributed by atoms with Crippen LogP contribution < -0.4 is 16.0 Å². The molecule has 2 aromatic rings. The topological polar surface area (TPSA) is 88.2 Å². The Bertz CT molecular complexity index is 627. The number of ether oxygens (including phenoxy) is 1. The van der Waals surface area contributed by atoms with Crippen molar-refractivity contribution in [1.29, 1.82) is 0 Å². The van der Waals surface area contributed by atoms with Crippen molar-refractivity contribution in [2.24, 2.45) is 0 Å². The maximum absolute atomic E-state index is 11.8. The Kier molecular flexibility index (Phi) is 5.00. The second-order valence-corrected chi connectivity index (χ2v) is 5.26. The van der Waals surface area contributed by atoms with Crippen molar-refractivity contribution < 1.29 is 9.53 Å². The van der Waals surface area contributed by atoms with E-state index in [2.05, 4.69) is 26.1 Å². The van der Waals surface area contributed by atoms with Crippen LogP contribution in [0.1, 0.15) is 12.8 Å². The van der Waals surface area contributed by atoms with Gasteiger partial charge in [-0.15, -0.1) is 10.2 Å². The molecule has 2 heterocycles. The molecule has 120 valence electrons. The molecule has 3 N–H and O–H groups in total. The molecule has 1 aromatic carbocycles. The number of aromatic nitrogens is 2. The van der Waals surface area contributed by atoms with Crippen LogP contribution in [0.2, 0.25) is 0 Å². The first-order valence-corrected chi connectivity index (χ1v) is 7.62. The minimum atomic E-state index is -0.356. The first-order valence-electron chi connectivity index (χ1n) is 7.62. The minimum absolute atomic E-state index is 0.242. The van der Waals surface area contributed by atoms with Gasteiger partial charge in [-0.25, -0.2) is 4.79 Å². The van der Waals surface area contributed by atoms with Crippen LogP contribution in [0.5, 0.6) is 0 Å². The fourth-order valence-corrected chi connectivity index (χ4v) is 2.32. The maximum Gasteiger partial charge on any atom is 0.324 e. The number of carbonyl (C=O) groups is 1. The molecule has 0 saturated carbocycles. The van der Waals surface area contributed by atoms with Gasteiger partial charge in [0.1, 0.15) is 5.82 Å². The highest BCUT2D eigenvalue weighted by Crippen LogP contribution is 2.13. The molecule has 0 aliphatic carbocycles. The predicted octanol–water partition coefficient (Wildman–Crippen LogP) is 2.71. The number of hydrogen-bond acceptors (Lipinski definition) is 5. The Labute approximate surface area is 134 Å². The number of nitrogens with one attached hydrogen (secondary N) is 3. The number of nitrogens with zero attached hydrogens (tertiary/aromatic N) is 2. The molecule has 2 amide bonds. The number of benzene rings is 1. The smallest absolute Gasteiger partial charge is 0.324 e. The number of rotatable bonds is 5. The second-order valence-electron chi connectivity index (χ2n) is 5.26. The van der Waals surface area contributed by atoms with Gasteiger partial charge in [0.2, 0.25) is 0 Å². The van der Waals surface area contributed by atoms with Gasteiger partial charge in [0.15, 0.2) is 5.82 Å². The van der Waals surface area contributed by atoms with Gasteiger partial charge in [0.05, 0.1) is 6.10 Å². The molecule has 3 rings (SSSR count). The lowest BCUT2D eigenvalue weighted by Crippen LogP contribution is -2.21. The molecule has 1 aromatic heterocycles. The zero-order chi connectivity index (χ0) is 15.9. The average molecular weight is 313 g/mol. The number of para-hydroxylation sites is 1. The van der Waals surface area contributed by atoms with E-state index in [1.165, 1.54) is 0 Å². The first-order chi connectivity index (χ1) is 11.3. The first kappa shape index (κ1) is 15.2. The molecule has 1 aliphatic heterocycles. The number of amides is 2. The van der Waals surface area contributed by atoms with E-state index in [9.17, 15) is 4.79 Å². The summed E-state index contributed by atoms with van der Waals surface area (Å²) in [6.07, 6.45) is 2.42. The van der Waals surface area contributed by atoms with Crippen molar-refractivity contribution in [3.8, 4) is 0 Å². The van der Waals surface area contributed by atoms with E-state index >= 15 is 0 Å². The van der Waals surface area contributed by atoms with E-state index in [4.69, 9.17) is 4.74 Å². The molecule has 1 aliphatic rings. The minimum Gasteiger partial charge on any atom is -0.376 e. The van der Waals surface area contributed by atoms with Gasteiger partial charge in [-0.05, 0) is 37.1 Å². The van der Waals surface area contributed by atoms with E-state index in [1.807, 2.05) is 30.3 Å². The number of carbonyl (C=O) groups excluding carboxylic acids is 1. The van der Waals surface area contributed by atoms with E-state index in [1.54, 1.807) is 12.1 Å². The Morgan fingerprint density at radius 3 is 2.57 bits per heavy atom. The molecule has 23 heavy (non-hydrogen) atoms. The molecule has 1 atom stereocenters.